The Morgan fingerprint density at radius 3 is 1.89 bits per heavy atom. The minimum absolute atomic E-state index is 0.327. The first-order valence-corrected chi connectivity index (χ1v) is 6.86. The molecule has 0 heterocycles. The van der Waals surface area contributed by atoms with E-state index < -0.39 is 7.42 Å². The van der Waals surface area contributed by atoms with E-state index in [0.29, 0.717) is 5.04 Å². The van der Waals surface area contributed by atoms with Crippen LogP contribution in [-0.2, 0) is 0 Å². The second kappa shape index (κ2) is 2.81. The molecule has 0 unspecified atom stereocenters. The molecule has 53 valence electrons. The average molecular weight is 182 g/mol. The highest BCUT2D eigenvalue weighted by molar-refractivity contribution is 7.35. The lowest BCUT2D eigenvalue weighted by Gasteiger charge is -2.21. The molecule has 0 amide bonds. The molecule has 0 atom stereocenters. The minimum atomic E-state index is -1.07. The van der Waals surface area contributed by atoms with Crippen LogP contribution in [0.25, 0.3) is 0 Å². The summed E-state index contributed by atoms with van der Waals surface area (Å²) in [4.78, 5) is 0. The predicted molar refractivity (Wildman–Crippen MR) is 44.3 cm³/mol. The van der Waals surface area contributed by atoms with Crippen LogP contribution < -0.4 is 0 Å². The second-order valence-corrected chi connectivity index (χ2v) is 7.60. The minimum Gasteiger partial charge on any atom is -0.146 e. The van der Waals surface area contributed by atoms with Gasteiger partial charge < -0.3 is 0 Å². The van der Waals surface area contributed by atoms with Crippen LogP contribution in [0.1, 0.15) is 32.6 Å². The molecule has 0 N–H and O–H groups in total. The molecule has 0 nitrogen and oxygen atoms in total. The average Bonchev–Trinajstić information content (AvgIpc) is 2.16. The molecule has 1 rings (SSSR count). The maximum Gasteiger partial charge on any atom is 0.279 e. The van der Waals surface area contributed by atoms with Gasteiger partial charge in [0.2, 0.25) is 0 Å². The molecule has 0 bridgehead atoms. The highest BCUT2D eigenvalue weighted by atomic mass is 35.7. The summed E-state index contributed by atoms with van der Waals surface area (Å²) in [6.07, 6.45) is 5.14. The van der Waals surface area contributed by atoms with Gasteiger partial charge in [0, 0.05) is 0 Å². The lowest BCUT2D eigenvalue weighted by Crippen LogP contribution is -2.15. The maximum absolute atomic E-state index is 5.89. The van der Waals surface area contributed by atoms with Gasteiger partial charge in [-0.1, -0.05) is 19.8 Å². The molecule has 1 aliphatic rings. The molecule has 0 spiro atoms. The van der Waals surface area contributed by atoms with Crippen molar-refractivity contribution < 1.29 is 0 Å². The van der Waals surface area contributed by atoms with Gasteiger partial charge in [-0.15, -0.1) is 22.2 Å². The normalized spacial score (nSPS) is 25.3. The topological polar surface area (TPSA) is 0 Å². The van der Waals surface area contributed by atoms with E-state index >= 15 is 0 Å². The number of halogens is 2. The van der Waals surface area contributed by atoms with Crippen LogP contribution >= 0.6 is 22.2 Å². The van der Waals surface area contributed by atoms with Crippen LogP contribution in [0, 0.1) is 0 Å². The second-order valence-electron chi connectivity index (χ2n) is 3.03. The van der Waals surface area contributed by atoms with Crippen molar-refractivity contribution in [2.75, 3.05) is 0 Å². The molecule has 1 fully saturated rings. The van der Waals surface area contributed by atoms with Crippen molar-refractivity contribution in [3.63, 3.8) is 0 Å². The van der Waals surface area contributed by atoms with Crippen LogP contribution in [0.5, 0.6) is 0 Å². The van der Waals surface area contributed by atoms with Crippen molar-refractivity contribution in [3.05, 3.63) is 0 Å². The first-order chi connectivity index (χ1) is 4.15. The van der Waals surface area contributed by atoms with Crippen molar-refractivity contribution in [1.82, 2.24) is 0 Å². The third-order valence-electron chi connectivity index (χ3n) is 2.16. The van der Waals surface area contributed by atoms with Crippen LogP contribution in [0.15, 0.2) is 0 Å². The quantitative estimate of drug-likeness (QED) is 0.431. The Morgan fingerprint density at radius 1 is 1.22 bits per heavy atom. The van der Waals surface area contributed by atoms with Crippen molar-refractivity contribution in [1.29, 1.82) is 0 Å². The van der Waals surface area contributed by atoms with Gasteiger partial charge in [-0.25, -0.2) is 0 Å². The van der Waals surface area contributed by atoms with Crippen LogP contribution in [0.4, 0.5) is 0 Å². The zero-order chi connectivity index (χ0) is 6.91. The van der Waals surface area contributed by atoms with E-state index in [0.717, 1.165) is 0 Å². The number of rotatable bonds is 1. The van der Waals surface area contributed by atoms with Gasteiger partial charge in [-0.2, -0.15) is 0 Å². The summed E-state index contributed by atoms with van der Waals surface area (Å²) < 4.78 is 0. The van der Waals surface area contributed by atoms with E-state index in [2.05, 4.69) is 6.92 Å². The first-order valence-electron chi connectivity index (χ1n) is 3.34. The Kier molecular flexibility index (Phi) is 2.47. The van der Waals surface area contributed by atoms with Crippen molar-refractivity contribution in [3.8, 4) is 0 Å². The van der Waals surface area contributed by atoms with E-state index in [4.69, 9.17) is 22.2 Å². The summed E-state index contributed by atoms with van der Waals surface area (Å²) in [6.45, 7) is 2.22. The summed E-state index contributed by atoms with van der Waals surface area (Å²) in [7, 11) is -1.07. The molecule has 1 aliphatic carbocycles. The van der Waals surface area contributed by atoms with Crippen molar-refractivity contribution >= 4 is 29.6 Å². The van der Waals surface area contributed by atoms with E-state index in [1.165, 1.54) is 25.7 Å². The lowest BCUT2D eigenvalue weighted by atomic mass is 10.1. The molecule has 0 aromatic heterocycles. The number of hydrogen-bond acceptors (Lipinski definition) is 0. The highest BCUT2D eigenvalue weighted by Gasteiger charge is 2.36. The van der Waals surface area contributed by atoms with Gasteiger partial charge in [0.15, 0.2) is 0 Å². The fourth-order valence-electron chi connectivity index (χ4n) is 1.34. The van der Waals surface area contributed by atoms with E-state index in [1.807, 2.05) is 0 Å². The van der Waals surface area contributed by atoms with E-state index in [-0.39, 0.29) is 0 Å². The zero-order valence-electron chi connectivity index (χ0n) is 5.58. The van der Waals surface area contributed by atoms with E-state index in [1.54, 1.807) is 0 Å². The fraction of sp³-hybridized carbons (Fsp3) is 1.00. The highest BCUT2D eigenvalue weighted by Crippen LogP contribution is 2.48. The third-order valence-corrected chi connectivity index (χ3v) is 6.31. The Morgan fingerprint density at radius 2 is 1.67 bits per heavy atom. The van der Waals surface area contributed by atoms with Crippen molar-refractivity contribution in [2.45, 2.75) is 37.6 Å². The van der Waals surface area contributed by atoms with Gasteiger partial charge in [-0.05, 0) is 17.9 Å². The molecule has 9 heavy (non-hydrogen) atoms. The summed E-state index contributed by atoms with van der Waals surface area (Å²) in [6, 6.07) is 0. The molecule has 0 aromatic carbocycles. The molecule has 0 aromatic rings. The Labute approximate surface area is 67.6 Å². The maximum atomic E-state index is 5.89. The van der Waals surface area contributed by atoms with Gasteiger partial charge in [0.25, 0.3) is 7.42 Å². The van der Waals surface area contributed by atoms with Gasteiger partial charge in [-0.3, -0.25) is 0 Å². The molecule has 0 aliphatic heterocycles. The SMILES string of the molecule is CC1([Si](Cl)Cl)CCCC1. The monoisotopic (exact) mass is 181 g/mol. The van der Waals surface area contributed by atoms with Gasteiger partial charge >= 0.3 is 0 Å². The van der Waals surface area contributed by atoms with Gasteiger partial charge in [0.1, 0.15) is 0 Å². The van der Waals surface area contributed by atoms with Crippen LogP contribution in [-0.4, -0.2) is 7.42 Å². The summed E-state index contributed by atoms with van der Waals surface area (Å²) in [5.74, 6) is 0. The predicted octanol–water partition coefficient (Wildman–Crippen LogP) is 3.29. The third kappa shape index (κ3) is 1.63. The molecule has 0 saturated heterocycles. The molecular weight excluding hydrogens is 171 g/mol. The zero-order valence-corrected chi connectivity index (χ0v) is 8.10. The van der Waals surface area contributed by atoms with Crippen LogP contribution in [0.2, 0.25) is 5.04 Å². The summed E-state index contributed by atoms with van der Waals surface area (Å²) in [5, 5.41) is 0.327. The van der Waals surface area contributed by atoms with Crippen LogP contribution in [0.3, 0.4) is 0 Å². The largest absolute Gasteiger partial charge is 0.279 e. The molecule has 3 heteroatoms. The summed E-state index contributed by atoms with van der Waals surface area (Å²) >= 11 is 11.8. The molecular formula is C6H11Cl2Si. The Bertz CT molecular complexity index is 97.2. The van der Waals surface area contributed by atoms with Crippen molar-refractivity contribution in [2.24, 2.45) is 0 Å². The Hall–Kier alpha value is 0.797. The fourth-order valence-corrected chi connectivity index (χ4v) is 3.21. The lowest BCUT2D eigenvalue weighted by molar-refractivity contribution is 0.634. The number of hydrogen-bond donors (Lipinski definition) is 0. The molecule has 1 radical (unpaired) electrons. The standard InChI is InChI=1S/C6H11Cl2Si/c1-6(9(7)8)4-2-3-5-6/h2-5H2,1H3. The smallest absolute Gasteiger partial charge is 0.146 e. The molecule has 1 saturated carbocycles. The van der Waals surface area contributed by atoms with Gasteiger partial charge in [0.05, 0.1) is 0 Å². The Balaban J connectivity index is 2.51. The first kappa shape index (κ1) is 7.90. The van der Waals surface area contributed by atoms with E-state index in [9.17, 15) is 0 Å². The summed E-state index contributed by atoms with van der Waals surface area (Å²) in [5.41, 5.74) is 0.